The number of carbonyl (C=O) groups excluding carboxylic acids is 3. The number of likely N-dealkylation sites (tertiary alicyclic amines) is 1. The fourth-order valence-electron chi connectivity index (χ4n) is 5.21. The van der Waals surface area contributed by atoms with Crippen molar-refractivity contribution in [2.45, 2.75) is 92.3 Å². The highest BCUT2D eigenvalue weighted by Crippen LogP contribution is 2.25. The molecule has 0 spiro atoms. The molecule has 0 saturated carbocycles. The number of piperidine rings is 1. The van der Waals surface area contributed by atoms with Crippen LogP contribution in [0.1, 0.15) is 74.1 Å². The van der Waals surface area contributed by atoms with E-state index in [1.807, 2.05) is 35.5 Å². The maximum atomic E-state index is 13.5. The number of hydrogen-bond donors (Lipinski definition) is 1. The van der Waals surface area contributed by atoms with Crippen molar-refractivity contribution in [3.05, 3.63) is 0 Å². The van der Waals surface area contributed by atoms with Gasteiger partial charge in [0.2, 0.25) is 17.7 Å². The second-order valence-electron chi connectivity index (χ2n) is 10.6. The molecule has 0 bridgehead atoms. The number of hydrogen-bond acceptors (Lipinski definition) is 4. The molecule has 184 valence electrons. The predicted molar refractivity (Wildman–Crippen MR) is 128 cm³/mol. The van der Waals surface area contributed by atoms with E-state index in [1.54, 1.807) is 0 Å². The van der Waals surface area contributed by atoms with Gasteiger partial charge in [0.15, 0.2) is 0 Å². The first-order valence-corrected chi connectivity index (χ1v) is 12.7. The van der Waals surface area contributed by atoms with Gasteiger partial charge < -0.3 is 20.0 Å². The van der Waals surface area contributed by atoms with E-state index >= 15 is 0 Å². The maximum Gasteiger partial charge on any atom is 0.245 e. The Morgan fingerprint density at radius 2 is 1.69 bits per heavy atom. The van der Waals surface area contributed by atoms with E-state index in [1.165, 1.54) is 0 Å². The van der Waals surface area contributed by atoms with Crippen LogP contribution in [0.4, 0.5) is 0 Å². The van der Waals surface area contributed by atoms with Crippen LogP contribution in [-0.4, -0.2) is 83.3 Å². The van der Waals surface area contributed by atoms with E-state index < -0.39 is 6.04 Å². The molecule has 7 nitrogen and oxygen atoms in total. The lowest BCUT2D eigenvalue weighted by molar-refractivity contribution is -0.151. The fourth-order valence-corrected chi connectivity index (χ4v) is 5.21. The first kappa shape index (κ1) is 26.6. The van der Waals surface area contributed by atoms with Gasteiger partial charge in [0.25, 0.3) is 0 Å². The van der Waals surface area contributed by atoms with Crippen LogP contribution in [0.15, 0.2) is 0 Å². The lowest BCUT2D eigenvalue weighted by Crippen LogP contribution is -2.63. The minimum Gasteiger partial charge on any atom is -0.341 e. The molecule has 0 aromatic rings. The van der Waals surface area contributed by atoms with Gasteiger partial charge in [0.05, 0.1) is 6.04 Å². The second kappa shape index (κ2) is 12.0. The highest BCUT2D eigenvalue weighted by atomic mass is 16.2. The standard InChI is InChI=1S/C25H46N4O3/c1-8-28(19(6)7)22(30)16-20-9-12-27(13-10-20)25(32)23(18(4)5)29-14-11-26-21(24(29)31)15-17(2)3/h17-21,23,26H,8-16H2,1-7H3/t21-,23?/m0/s1. The molecule has 2 fully saturated rings. The Labute approximate surface area is 195 Å². The molecule has 2 aliphatic heterocycles. The Morgan fingerprint density at radius 3 is 2.19 bits per heavy atom. The summed E-state index contributed by atoms with van der Waals surface area (Å²) in [5, 5.41) is 3.34. The molecule has 0 aliphatic carbocycles. The molecule has 2 aliphatic rings. The summed E-state index contributed by atoms with van der Waals surface area (Å²) in [6.45, 7) is 17.8. The van der Waals surface area contributed by atoms with E-state index in [0.29, 0.717) is 37.9 Å². The van der Waals surface area contributed by atoms with Crippen LogP contribution >= 0.6 is 0 Å². The summed E-state index contributed by atoms with van der Waals surface area (Å²) >= 11 is 0. The van der Waals surface area contributed by atoms with Crippen molar-refractivity contribution in [1.82, 2.24) is 20.0 Å². The van der Waals surface area contributed by atoms with Gasteiger partial charge >= 0.3 is 0 Å². The van der Waals surface area contributed by atoms with Crippen LogP contribution in [0.5, 0.6) is 0 Å². The normalized spacial score (nSPS) is 21.6. The van der Waals surface area contributed by atoms with Crippen LogP contribution in [0.25, 0.3) is 0 Å². The summed E-state index contributed by atoms with van der Waals surface area (Å²) in [6.07, 6.45) is 3.06. The molecule has 1 unspecified atom stereocenters. The zero-order valence-electron chi connectivity index (χ0n) is 21.4. The Morgan fingerprint density at radius 1 is 1.06 bits per heavy atom. The van der Waals surface area contributed by atoms with Crippen LogP contribution in [0.2, 0.25) is 0 Å². The maximum absolute atomic E-state index is 13.5. The van der Waals surface area contributed by atoms with E-state index in [-0.39, 0.29) is 35.7 Å². The van der Waals surface area contributed by atoms with Crippen molar-refractivity contribution < 1.29 is 14.4 Å². The van der Waals surface area contributed by atoms with Crippen molar-refractivity contribution in [3.63, 3.8) is 0 Å². The van der Waals surface area contributed by atoms with Gasteiger partial charge in [-0.25, -0.2) is 0 Å². The largest absolute Gasteiger partial charge is 0.341 e. The quantitative estimate of drug-likeness (QED) is 0.586. The third kappa shape index (κ3) is 6.69. The number of carbonyl (C=O) groups is 3. The molecule has 2 rings (SSSR count). The zero-order chi connectivity index (χ0) is 24.0. The zero-order valence-corrected chi connectivity index (χ0v) is 21.4. The number of piperazine rings is 1. The van der Waals surface area contributed by atoms with E-state index in [9.17, 15) is 14.4 Å². The highest BCUT2D eigenvalue weighted by Gasteiger charge is 2.40. The summed E-state index contributed by atoms with van der Waals surface area (Å²) in [6, 6.07) is -0.386. The Bertz CT molecular complexity index is 641. The van der Waals surface area contributed by atoms with Crippen molar-refractivity contribution in [1.29, 1.82) is 0 Å². The number of nitrogens with zero attached hydrogens (tertiary/aromatic N) is 3. The lowest BCUT2D eigenvalue weighted by atomic mass is 9.91. The molecule has 0 aromatic carbocycles. The van der Waals surface area contributed by atoms with E-state index in [2.05, 4.69) is 33.0 Å². The summed E-state index contributed by atoms with van der Waals surface area (Å²) in [7, 11) is 0. The van der Waals surface area contributed by atoms with Crippen LogP contribution in [-0.2, 0) is 14.4 Å². The van der Waals surface area contributed by atoms with Gasteiger partial charge in [-0.15, -0.1) is 0 Å². The molecule has 1 N–H and O–H groups in total. The Kier molecular flexibility index (Phi) is 9.99. The van der Waals surface area contributed by atoms with Crippen LogP contribution in [0.3, 0.4) is 0 Å². The van der Waals surface area contributed by atoms with Crippen LogP contribution < -0.4 is 5.32 Å². The Balaban J connectivity index is 1.99. The number of nitrogens with one attached hydrogen (secondary N) is 1. The second-order valence-corrected chi connectivity index (χ2v) is 10.6. The first-order valence-electron chi connectivity index (χ1n) is 12.7. The van der Waals surface area contributed by atoms with Crippen molar-refractivity contribution in [2.24, 2.45) is 17.8 Å². The molecule has 2 heterocycles. The van der Waals surface area contributed by atoms with Gasteiger partial charge in [-0.05, 0) is 57.8 Å². The summed E-state index contributed by atoms with van der Waals surface area (Å²) in [4.78, 5) is 45.0. The molecule has 7 heteroatoms. The van der Waals surface area contributed by atoms with E-state index in [0.717, 1.165) is 32.4 Å². The van der Waals surface area contributed by atoms with E-state index in [4.69, 9.17) is 0 Å². The molecule has 2 atom stereocenters. The summed E-state index contributed by atoms with van der Waals surface area (Å²) in [5.41, 5.74) is 0. The minimum absolute atomic E-state index is 0.0609. The molecule has 3 amide bonds. The lowest BCUT2D eigenvalue weighted by Gasteiger charge is -2.43. The third-order valence-corrected chi connectivity index (χ3v) is 6.93. The summed E-state index contributed by atoms with van der Waals surface area (Å²) in [5.74, 6) is 1.16. The van der Waals surface area contributed by atoms with Crippen molar-refractivity contribution in [3.8, 4) is 0 Å². The molecule has 2 saturated heterocycles. The van der Waals surface area contributed by atoms with Gasteiger partial charge in [-0.2, -0.15) is 0 Å². The predicted octanol–water partition coefficient (Wildman–Crippen LogP) is 2.74. The summed E-state index contributed by atoms with van der Waals surface area (Å²) < 4.78 is 0. The van der Waals surface area contributed by atoms with Gasteiger partial charge in [-0.1, -0.05) is 27.7 Å². The SMILES string of the molecule is CCN(C(=O)CC1CCN(C(=O)C(C(C)C)N2CCN[C@@H](CC(C)C)C2=O)CC1)C(C)C. The van der Waals surface area contributed by atoms with Crippen molar-refractivity contribution in [2.75, 3.05) is 32.7 Å². The topological polar surface area (TPSA) is 73.0 Å². The monoisotopic (exact) mass is 450 g/mol. The number of amides is 3. The average molecular weight is 451 g/mol. The van der Waals surface area contributed by atoms with Crippen molar-refractivity contribution >= 4 is 17.7 Å². The highest BCUT2D eigenvalue weighted by molar-refractivity contribution is 5.90. The number of rotatable bonds is 9. The minimum atomic E-state index is -0.408. The molecule has 0 radical (unpaired) electrons. The molecular formula is C25H46N4O3. The molecular weight excluding hydrogens is 404 g/mol. The first-order chi connectivity index (χ1) is 15.1. The third-order valence-electron chi connectivity index (χ3n) is 6.93. The smallest absolute Gasteiger partial charge is 0.245 e. The average Bonchev–Trinajstić information content (AvgIpc) is 2.71. The van der Waals surface area contributed by atoms with Gasteiger partial charge in [0, 0.05) is 45.2 Å². The fraction of sp³-hybridized carbons (Fsp3) is 0.880. The Hall–Kier alpha value is -1.63. The van der Waals surface area contributed by atoms with Crippen LogP contribution in [0, 0.1) is 17.8 Å². The van der Waals surface area contributed by atoms with Gasteiger partial charge in [0.1, 0.15) is 6.04 Å². The molecule has 0 aromatic heterocycles. The van der Waals surface area contributed by atoms with Gasteiger partial charge in [-0.3, -0.25) is 14.4 Å². The molecule has 32 heavy (non-hydrogen) atoms.